The summed E-state index contributed by atoms with van der Waals surface area (Å²) in [5.41, 5.74) is 0.137. The standard InChI is InChI=1S/C14H18N4O6S/c1-9(2)15-14(21)16-12(19)8-24-13(20)10-3-4-11-17-25(22,23)6-5-18(11)7-10/h3-4,7,9H,5-6,8H2,1-2H3,(H2,15,16,19,21). The van der Waals surface area contributed by atoms with Crippen molar-refractivity contribution in [3.63, 3.8) is 0 Å². The normalized spacial score (nSPS) is 18.0. The Bertz CT molecular complexity index is 781. The van der Waals surface area contributed by atoms with Gasteiger partial charge in [-0.05, 0) is 26.0 Å². The molecular weight excluding hydrogens is 352 g/mol. The second-order valence-corrected chi connectivity index (χ2v) is 7.35. The summed E-state index contributed by atoms with van der Waals surface area (Å²) in [4.78, 5) is 36.4. The zero-order valence-corrected chi connectivity index (χ0v) is 14.5. The molecule has 136 valence electrons. The summed E-state index contributed by atoms with van der Waals surface area (Å²) >= 11 is 0. The first kappa shape index (κ1) is 18.6. The molecule has 0 unspecified atom stereocenters. The van der Waals surface area contributed by atoms with Crippen LogP contribution in [0.15, 0.2) is 28.3 Å². The van der Waals surface area contributed by atoms with Gasteiger partial charge in [0.2, 0.25) is 0 Å². The van der Waals surface area contributed by atoms with Crippen LogP contribution in [0.2, 0.25) is 0 Å². The summed E-state index contributed by atoms with van der Waals surface area (Å²) in [7, 11) is -3.47. The molecule has 2 heterocycles. The highest BCUT2D eigenvalue weighted by atomic mass is 32.2. The number of esters is 1. The molecule has 11 heteroatoms. The lowest BCUT2D eigenvalue weighted by Gasteiger charge is -2.26. The first-order valence-electron chi connectivity index (χ1n) is 7.43. The molecular formula is C14H18N4O6S. The molecule has 2 aliphatic heterocycles. The van der Waals surface area contributed by atoms with E-state index in [1.807, 2.05) is 5.32 Å². The number of carbonyl (C=O) groups excluding carboxylic acids is 3. The van der Waals surface area contributed by atoms with Gasteiger partial charge < -0.3 is 15.0 Å². The van der Waals surface area contributed by atoms with Crippen molar-refractivity contribution in [2.45, 2.75) is 19.9 Å². The largest absolute Gasteiger partial charge is 0.452 e. The number of hydrogen-bond acceptors (Lipinski definition) is 7. The van der Waals surface area contributed by atoms with Gasteiger partial charge in [0.05, 0.1) is 11.3 Å². The molecule has 0 aromatic heterocycles. The number of ether oxygens (including phenoxy) is 1. The number of imide groups is 1. The fraction of sp³-hybridized carbons (Fsp3) is 0.429. The van der Waals surface area contributed by atoms with E-state index < -0.39 is 34.5 Å². The molecule has 10 nitrogen and oxygen atoms in total. The lowest BCUT2D eigenvalue weighted by Crippen LogP contribution is -2.44. The predicted octanol–water partition coefficient (Wildman–Crippen LogP) is -0.739. The van der Waals surface area contributed by atoms with Gasteiger partial charge >= 0.3 is 12.0 Å². The number of fused-ring (bicyclic) bond motifs is 1. The van der Waals surface area contributed by atoms with Crippen LogP contribution in [0.1, 0.15) is 13.8 Å². The maximum absolute atomic E-state index is 12.0. The van der Waals surface area contributed by atoms with Gasteiger partial charge in [-0.3, -0.25) is 10.1 Å². The van der Waals surface area contributed by atoms with Crippen LogP contribution in [0.4, 0.5) is 4.79 Å². The Morgan fingerprint density at radius 2 is 2.04 bits per heavy atom. The lowest BCUT2D eigenvalue weighted by molar-refractivity contribution is -0.144. The van der Waals surface area contributed by atoms with E-state index in [0.29, 0.717) is 0 Å². The molecule has 0 bridgehead atoms. The van der Waals surface area contributed by atoms with Gasteiger partial charge in [0.1, 0.15) is 5.84 Å². The van der Waals surface area contributed by atoms with Gasteiger partial charge in [0.25, 0.3) is 15.9 Å². The molecule has 2 rings (SSSR count). The summed E-state index contributed by atoms with van der Waals surface area (Å²) < 4.78 is 31.2. The van der Waals surface area contributed by atoms with Crippen LogP contribution >= 0.6 is 0 Å². The average molecular weight is 370 g/mol. The van der Waals surface area contributed by atoms with Crippen molar-refractivity contribution < 1.29 is 27.5 Å². The van der Waals surface area contributed by atoms with Crippen molar-refractivity contribution >= 4 is 33.8 Å². The van der Waals surface area contributed by atoms with Gasteiger partial charge in [0.15, 0.2) is 6.61 Å². The predicted molar refractivity (Wildman–Crippen MR) is 87.9 cm³/mol. The van der Waals surface area contributed by atoms with E-state index in [2.05, 4.69) is 9.71 Å². The Hall–Kier alpha value is -2.69. The van der Waals surface area contributed by atoms with Gasteiger partial charge in [-0.25, -0.2) is 18.0 Å². The molecule has 0 fully saturated rings. The highest BCUT2D eigenvalue weighted by Crippen LogP contribution is 2.16. The average Bonchev–Trinajstić information content (AvgIpc) is 2.50. The van der Waals surface area contributed by atoms with E-state index in [1.165, 1.54) is 23.3 Å². The Balaban J connectivity index is 1.88. The Kier molecular flexibility index (Phi) is 5.57. The van der Waals surface area contributed by atoms with E-state index in [9.17, 15) is 22.8 Å². The van der Waals surface area contributed by atoms with Crippen LogP contribution in [0, 0.1) is 0 Å². The Labute approximate surface area is 144 Å². The maximum Gasteiger partial charge on any atom is 0.340 e. The number of sulfonamides is 1. The molecule has 0 aromatic rings. The van der Waals surface area contributed by atoms with Crippen molar-refractivity contribution in [3.8, 4) is 0 Å². The van der Waals surface area contributed by atoms with Crippen molar-refractivity contribution in [2.24, 2.45) is 4.40 Å². The summed E-state index contributed by atoms with van der Waals surface area (Å²) in [6, 6.07) is -0.819. The maximum atomic E-state index is 12.0. The van der Waals surface area contributed by atoms with Gasteiger partial charge in [-0.1, -0.05) is 0 Å². The quantitative estimate of drug-likeness (QED) is 0.623. The van der Waals surface area contributed by atoms with E-state index in [1.54, 1.807) is 13.8 Å². The van der Waals surface area contributed by atoms with Crippen LogP contribution in [0.3, 0.4) is 0 Å². The van der Waals surface area contributed by atoms with Crippen LogP contribution in [-0.2, 0) is 24.3 Å². The first-order chi connectivity index (χ1) is 11.7. The van der Waals surface area contributed by atoms with Crippen molar-refractivity contribution in [3.05, 3.63) is 23.9 Å². The van der Waals surface area contributed by atoms with E-state index >= 15 is 0 Å². The third-order valence-electron chi connectivity index (χ3n) is 3.07. The summed E-state index contributed by atoms with van der Waals surface area (Å²) in [6.45, 7) is 3.01. The third kappa shape index (κ3) is 5.41. The molecule has 0 spiro atoms. The van der Waals surface area contributed by atoms with Crippen molar-refractivity contribution in [1.82, 2.24) is 15.5 Å². The number of amides is 3. The third-order valence-corrected chi connectivity index (χ3v) is 4.23. The first-order valence-corrected chi connectivity index (χ1v) is 9.04. The molecule has 2 aliphatic rings. The zero-order chi connectivity index (χ0) is 18.6. The summed E-state index contributed by atoms with van der Waals surface area (Å²) in [5, 5.41) is 4.48. The fourth-order valence-corrected chi connectivity index (χ4v) is 2.97. The molecule has 0 radical (unpaired) electrons. The van der Waals surface area contributed by atoms with E-state index in [-0.39, 0.29) is 29.7 Å². The number of hydrogen-bond donors (Lipinski definition) is 2. The smallest absolute Gasteiger partial charge is 0.340 e. The minimum Gasteiger partial charge on any atom is -0.452 e. The number of nitrogens with zero attached hydrogens (tertiary/aromatic N) is 2. The Morgan fingerprint density at radius 3 is 2.72 bits per heavy atom. The fourth-order valence-electron chi connectivity index (χ4n) is 2.00. The molecule has 0 aromatic carbocycles. The number of amidine groups is 1. The van der Waals surface area contributed by atoms with Crippen LogP contribution < -0.4 is 10.6 Å². The monoisotopic (exact) mass is 370 g/mol. The lowest BCUT2D eigenvalue weighted by atomic mass is 10.2. The van der Waals surface area contributed by atoms with Crippen LogP contribution in [-0.4, -0.2) is 62.0 Å². The molecule has 25 heavy (non-hydrogen) atoms. The number of rotatable bonds is 4. The topological polar surface area (TPSA) is 134 Å². The zero-order valence-electron chi connectivity index (χ0n) is 13.7. The minimum absolute atomic E-state index is 0.137. The molecule has 2 N–H and O–H groups in total. The number of nitrogens with one attached hydrogen (secondary N) is 2. The second kappa shape index (κ2) is 7.47. The minimum atomic E-state index is -3.47. The summed E-state index contributed by atoms with van der Waals surface area (Å²) in [6.07, 6.45) is 4.13. The molecule has 0 atom stereocenters. The highest BCUT2D eigenvalue weighted by molar-refractivity contribution is 7.90. The van der Waals surface area contributed by atoms with Crippen molar-refractivity contribution in [2.75, 3.05) is 18.9 Å². The molecule has 0 saturated carbocycles. The van der Waals surface area contributed by atoms with Crippen LogP contribution in [0.5, 0.6) is 0 Å². The van der Waals surface area contributed by atoms with Gasteiger partial charge in [-0.15, -0.1) is 4.40 Å². The number of urea groups is 1. The van der Waals surface area contributed by atoms with Gasteiger partial charge in [0, 0.05) is 18.8 Å². The van der Waals surface area contributed by atoms with E-state index in [4.69, 9.17) is 4.74 Å². The number of carbonyl (C=O) groups is 3. The Morgan fingerprint density at radius 1 is 1.32 bits per heavy atom. The van der Waals surface area contributed by atoms with Crippen LogP contribution in [0.25, 0.3) is 0 Å². The molecule has 0 aliphatic carbocycles. The molecule has 0 saturated heterocycles. The highest BCUT2D eigenvalue weighted by Gasteiger charge is 2.25. The van der Waals surface area contributed by atoms with E-state index in [0.717, 1.165) is 0 Å². The second-order valence-electron chi connectivity index (χ2n) is 5.60. The van der Waals surface area contributed by atoms with Crippen molar-refractivity contribution in [1.29, 1.82) is 0 Å². The SMILES string of the molecule is CC(C)NC(=O)NC(=O)COC(=O)C1=CN2CCS(=O)(=O)N=C2C=C1. The van der Waals surface area contributed by atoms with Gasteiger partial charge in [-0.2, -0.15) is 0 Å². The summed E-state index contributed by atoms with van der Waals surface area (Å²) in [5.74, 6) is -1.48. The molecule has 3 amide bonds.